The van der Waals surface area contributed by atoms with E-state index in [1.807, 2.05) is 36.1 Å². The van der Waals surface area contributed by atoms with E-state index in [2.05, 4.69) is 28.5 Å². The van der Waals surface area contributed by atoms with Crippen molar-refractivity contribution in [1.29, 1.82) is 0 Å². The number of nitrogens with zero attached hydrogens (tertiary/aromatic N) is 4. The summed E-state index contributed by atoms with van der Waals surface area (Å²) in [5, 5.41) is 8.98. The first kappa shape index (κ1) is 16.4. The highest BCUT2D eigenvalue weighted by Crippen LogP contribution is 2.34. The summed E-state index contributed by atoms with van der Waals surface area (Å²) in [5.74, 6) is 0.505. The largest absolute Gasteiger partial charge is 0.373 e. The number of hydrogen-bond donors (Lipinski definition) is 1. The molecule has 126 valence electrons. The Morgan fingerprint density at radius 3 is 3.00 bits per heavy atom. The van der Waals surface area contributed by atoms with Crippen LogP contribution in [0.25, 0.3) is 0 Å². The number of aromatic nitrogens is 3. The first-order valence-corrected chi connectivity index (χ1v) is 8.95. The number of nitrogens with one attached hydrogen (secondary N) is 1. The summed E-state index contributed by atoms with van der Waals surface area (Å²) in [5.41, 5.74) is 1.20. The Bertz CT molecular complexity index is 624. The maximum absolute atomic E-state index is 5.94. The van der Waals surface area contributed by atoms with Crippen molar-refractivity contribution in [2.75, 3.05) is 32.1 Å². The third-order valence-electron chi connectivity index (χ3n) is 4.15. The van der Waals surface area contributed by atoms with E-state index in [-0.39, 0.29) is 6.10 Å². The molecule has 7 heteroatoms. The van der Waals surface area contributed by atoms with Crippen LogP contribution in [0, 0.1) is 5.92 Å². The van der Waals surface area contributed by atoms with Crippen LogP contribution in [-0.4, -0.2) is 42.0 Å². The zero-order valence-electron chi connectivity index (χ0n) is 14.0. The molecule has 1 N–H and O–H groups in total. The molecule has 1 aliphatic rings. The summed E-state index contributed by atoms with van der Waals surface area (Å²) >= 11 is 1.73. The summed E-state index contributed by atoms with van der Waals surface area (Å²) in [6.07, 6.45) is 7.28. The number of hydrogen-bond acceptors (Lipinski definition) is 6. The highest BCUT2D eigenvalue weighted by atomic mass is 32.1. The molecule has 0 aliphatic carbocycles. The van der Waals surface area contributed by atoms with E-state index in [9.17, 15) is 0 Å². The quantitative estimate of drug-likeness (QED) is 0.841. The average molecular weight is 335 g/mol. The van der Waals surface area contributed by atoms with E-state index in [4.69, 9.17) is 4.74 Å². The lowest BCUT2D eigenvalue weighted by Crippen LogP contribution is -2.24. The minimum atomic E-state index is 0.168. The second-order valence-corrected chi connectivity index (χ2v) is 7.20. The zero-order chi connectivity index (χ0) is 16.2. The van der Waals surface area contributed by atoms with Gasteiger partial charge in [0.1, 0.15) is 0 Å². The lowest BCUT2D eigenvalue weighted by Gasteiger charge is -2.17. The molecule has 2 aromatic rings. The normalized spacial score (nSPS) is 21.0. The number of rotatable bonds is 7. The van der Waals surface area contributed by atoms with Crippen LogP contribution in [0.5, 0.6) is 0 Å². The van der Waals surface area contributed by atoms with Crippen LogP contribution in [-0.2, 0) is 17.8 Å². The minimum absolute atomic E-state index is 0.168. The van der Waals surface area contributed by atoms with Gasteiger partial charge in [0.25, 0.3) is 0 Å². The first-order chi connectivity index (χ1) is 11.2. The first-order valence-electron chi connectivity index (χ1n) is 8.14. The minimum Gasteiger partial charge on any atom is -0.373 e. The van der Waals surface area contributed by atoms with Crippen LogP contribution < -0.4 is 10.2 Å². The molecule has 2 aromatic heterocycles. The zero-order valence-corrected chi connectivity index (χ0v) is 14.8. The summed E-state index contributed by atoms with van der Waals surface area (Å²) < 4.78 is 7.90. The van der Waals surface area contributed by atoms with Gasteiger partial charge in [0.15, 0.2) is 5.13 Å². The van der Waals surface area contributed by atoms with Gasteiger partial charge in [0, 0.05) is 69.1 Å². The highest BCUT2D eigenvalue weighted by Gasteiger charge is 2.30. The Balaban J connectivity index is 1.52. The smallest absolute Gasteiger partial charge is 0.185 e. The van der Waals surface area contributed by atoms with Crippen LogP contribution in [0.4, 0.5) is 5.13 Å². The van der Waals surface area contributed by atoms with E-state index >= 15 is 0 Å². The number of aryl methyl sites for hydroxylation is 1. The maximum atomic E-state index is 5.94. The second kappa shape index (κ2) is 7.42. The number of ether oxygens (including phenoxy) is 1. The van der Waals surface area contributed by atoms with Gasteiger partial charge in [0.05, 0.1) is 12.3 Å². The van der Waals surface area contributed by atoms with Crippen molar-refractivity contribution < 1.29 is 4.74 Å². The van der Waals surface area contributed by atoms with Crippen LogP contribution in [0.1, 0.15) is 29.9 Å². The molecule has 1 saturated heterocycles. The molecular formula is C16H25N5OS. The molecule has 0 aromatic carbocycles. The molecule has 23 heavy (non-hydrogen) atoms. The van der Waals surface area contributed by atoms with E-state index < -0.39 is 0 Å². The molecular weight excluding hydrogens is 310 g/mol. The van der Waals surface area contributed by atoms with E-state index in [1.165, 1.54) is 10.4 Å². The number of anilines is 1. The molecule has 2 atom stereocenters. The van der Waals surface area contributed by atoms with E-state index in [0.717, 1.165) is 37.8 Å². The fourth-order valence-electron chi connectivity index (χ4n) is 2.88. The van der Waals surface area contributed by atoms with Gasteiger partial charge in [-0.2, -0.15) is 5.10 Å². The molecule has 1 aliphatic heterocycles. The lowest BCUT2D eigenvalue weighted by molar-refractivity contribution is 0.0904. The van der Waals surface area contributed by atoms with Crippen LogP contribution in [0.15, 0.2) is 18.6 Å². The third kappa shape index (κ3) is 3.91. The monoisotopic (exact) mass is 335 g/mol. The van der Waals surface area contributed by atoms with Crippen LogP contribution >= 0.6 is 11.3 Å². The molecule has 0 amide bonds. The summed E-state index contributed by atoms with van der Waals surface area (Å²) in [6, 6.07) is 0. The van der Waals surface area contributed by atoms with Gasteiger partial charge in [-0.3, -0.25) is 4.68 Å². The van der Waals surface area contributed by atoms with Gasteiger partial charge in [-0.1, -0.05) is 0 Å². The lowest BCUT2D eigenvalue weighted by atomic mass is 9.97. The SMILES string of the molecule is CCn1cc([C@H]2OCC[C@H]2CNCc2cnc(N(C)C)s2)cn1. The molecule has 0 unspecified atom stereocenters. The van der Waals surface area contributed by atoms with Crippen molar-refractivity contribution in [2.45, 2.75) is 32.5 Å². The summed E-state index contributed by atoms with van der Waals surface area (Å²) in [4.78, 5) is 7.72. The Labute approximate surface area is 141 Å². The standard InChI is InChI=1S/C16H25N5OS/c1-4-21-11-13(8-19-21)15-12(5-6-22-15)7-17-9-14-10-18-16(23-14)20(2)3/h8,10-12,15,17H,4-7,9H2,1-3H3/t12-,15-/m0/s1. The summed E-state index contributed by atoms with van der Waals surface area (Å²) in [7, 11) is 4.04. The predicted molar refractivity (Wildman–Crippen MR) is 92.8 cm³/mol. The van der Waals surface area contributed by atoms with Gasteiger partial charge < -0.3 is 15.0 Å². The van der Waals surface area contributed by atoms with Crippen LogP contribution in [0.3, 0.4) is 0 Å². The molecule has 0 saturated carbocycles. The second-order valence-electron chi connectivity index (χ2n) is 6.10. The summed E-state index contributed by atoms with van der Waals surface area (Å²) in [6.45, 7) is 5.65. The molecule has 0 radical (unpaired) electrons. The van der Waals surface area contributed by atoms with E-state index in [1.54, 1.807) is 11.3 Å². The molecule has 6 nitrogen and oxygen atoms in total. The Hall–Kier alpha value is -1.44. The fourth-order valence-corrected chi connectivity index (χ4v) is 3.68. The van der Waals surface area contributed by atoms with Gasteiger partial charge in [0.2, 0.25) is 0 Å². The van der Waals surface area contributed by atoms with Crippen LogP contribution in [0.2, 0.25) is 0 Å². The molecule has 0 spiro atoms. The average Bonchev–Trinajstić information content (AvgIpc) is 3.27. The van der Waals surface area contributed by atoms with Crippen molar-refractivity contribution in [2.24, 2.45) is 5.92 Å². The van der Waals surface area contributed by atoms with Gasteiger partial charge in [-0.25, -0.2) is 4.98 Å². The Kier molecular flexibility index (Phi) is 5.30. The number of thiazole rings is 1. The van der Waals surface area contributed by atoms with Crippen molar-refractivity contribution >= 4 is 16.5 Å². The van der Waals surface area contributed by atoms with Crippen molar-refractivity contribution in [3.05, 3.63) is 29.0 Å². The fraction of sp³-hybridized carbons (Fsp3) is 0.625. The Morgan fingerprint density at radius 2 is 2.30 bits per heavy atom. The Morgan fingerprint density at radius 1 is 1.43 bits per heavy atom. The van der Waals surface area contributed by atoms with Crippen molar-refractivity contribution in [3.63, 3.8) is 0 Å². The van der Waals surface area contributed by atoms with Gasteiger partial charge in [-0.15, -0.1) is 11.3 Å². The van der Waals surface area contributed by atoms with Crippen molar-refractivity contribution in [1.82, 2.24) is 20.1 Å². The molecule has 0 bridgehead atoms. The van der Waals surface area contributed by atoms with Gasteiger partial charge in [-0.05, 0) is 13.3 Å². The van der Waals surface area contributed by atoms with Crippen molar-refractivity contribution in [3.8, 4) is 0 Å². The third-order valence-corrected chi connectivity index (χ3v) is 5.31. The molecule has 3 heterocycles. The van der Waals surface area contributed by atoms with E-state index in [0.29, 0.717) is 5.92 Å². The maximum Gasteiger partial charge on any atom is 0.185 e. The topological polar surface area (TPSA) is 55.2 Å². The molecule has 1 fully saturated rings. The molecule has 3 rings (SSSR count). The highest BCUT2D eigenvalue weighted by molar-refractivity contribution is 7.15. The predicted octanol–water partition coefficient (Wildman–Crippen LogP) is 2.29. The van der Waals surface area contributed by atoms with Gasteiger partial charge >= 0.3 is 0 Å².